The molecular weight excluding hydrogens is 248 g/mol. The van der Waals surface area contributed by atoms with Crippen molar-refractivity contribution in [1.82, 2.24) is 4.90 Å². The fraction of sp³-hybridized carbons (Fsp3) is 0.286. The Morgan fingerprint density at radius 2 is 2.00 bits per heavy atom. The molecule has 0 bridgehead atoms. The largest absolute Gasteiger partial charge is 0.468 e. The Hall–Kier alpha value is -1.45. The van der Waals surface area contributed by atoms with Gasteiger partial charge in [0.25, 0.3) is 0 Å². The highest BCUT2D eigenvalue weighted by Gasteiger charge is 2.01. The second-order valence-electron chi connectivity index (χ2n) is 4.25. The maximum atomic E-state index is 5.83. The third-order valence-electron chi connectivity index (χ3n) is 2.67. The summed E-state index contributed by atoms with van der Waals surface area (Å²) in [5, 5.41) is 4.11. The molecule has 4 heteroatoms. The van der Waals surface area contributed by atoms with Crippen molar-refractivity contribution in [2.24, 2.45) is 0 Å². The van der Waals surface area contributed by atoms with Crippen LogP contribution in [-0.4, -0.2) is 25.0 Å². The topological polar surface area (TPSA) is 28.4 Å². The average molecular weight is 265 g/mol. The van der Waals surface area contributed by atoms with Crippen LogP contribution in [0.1, 0.15) is 5.76 Å². The molecule has 0 atom stereocenters. The summed E-state index contributed by atoms with van der Waals surface area (Å²) in [5.74, 6) is 0.990. The zero-order chi connectivity index (χ0) is 12.8. The van der Waals surface area contributed by atoms with Crippen LogP contribution in [0, 0.1) is 0 Å². The molecule has 0 spiro atoms. The van der Waals surface area contributed by atoms with Gasteiger partial charge in [-0.2, -0.15) is 0 Å². The summed E-state index contributed by atoms with van der Waals surface area (Å²) in [7, 11) is 2.08. The van der Waals surface area contributed by atoms with Crippen molar-refractivity contribution in [3.63, 3.8) is 0 Å². The van der Waals surface area contributed by atoms with E-state index in [0.29, 0.717) is 0 Å². The van der Waals surface area contributed by atoms with Crippen LogP contribution < -0.4 is 5.32 Å². The molecule has 1 aromatic heterocycles. The molecule has 18 heavy (non-hydrogen) atoms. The van der Waals surface area contributed by atoms with Gasteiger partial charge >= 0.3 is 0 Å². The molecule has 3 nitrogen and oxygen atoms in total. The summed E-state index contributed by atoms with van der Waals surface area (Å²) >= 11 is 5.83. The van der Waals surface area contributed by atoms with E-state index in [2.05, 4.69) is 17.3 Å². The van der Waals surface area contributed by atoms with Gasteiger partial charge in [0.2, 0.25) is 0 Å². The van der Waals surface area contributed by atoms with Crippen LogP contribution in [0.5, 0.6) is 0 Å². The highest BCUT2D eigenvalue weighted by molar-refractivity contribution is 6.30. The molecule has 1 aromatic carbocycles. The van der Waals surface area contributed by atoms with Gasteiger partial charge in [0, 0.05) is 23.8 Å². The maximum Gasteiger partial charge on any atom is 0.117 e. The van der Waals surface area contributed by atoms with Gasteiger partial charge in [-0.25, -0.2) is 0 Å². The summed E-state index contributed by atoms with van der Waals surface area (Å²) in [6, 6.07) is 11.6. The number of hydrogen-bond donors (Lipinski definition) is 1. The van der Waals surface area contributed by atoms with Crippen LogP contribution in [0.3, 0.4) is 0 Å². The number of nitrogens with one attached hydrogen (secondary N) is 1. The lowest BCUT2D eigenvalue weighted by molar-refractivity contribution is 0.305. The number of anilines is 1. The lowest BCUT2D eigenvalue weighted by Gasteiger charge is -2.15. The molecule has 0 saturated heterocycles. The van der Waals surface area contributed by atoms with Crippen molar-refractivity contribution in [2.75, 3.05) is 25.5 Å². The molecule has 0 unspecified atom stereocenters. The summed E-state index contributed by atoms with van der Waals surface area (Å²) in [6.07, 6.45) is 1.70. The predicted molar refractivity (Wildman–Crippen MR) is 75.0 cm³/mol. The van der Waals surface area contributed by atoms with Gasteiger partial charge in [0.15, 0.2) is 0 Å². The lowest BCUT2D eigenvalue weighted by Crippen LogP contribution is -2.24. The molecule has 0 amide bonds. The molecule has 0 aliphatic heterocycles. The first-order valence-electron chi connectivity index (χ1n) is 5.94. The monoisotopic (exact) mass is 264 g/mol. The Labute approximate surface area is 112 Å². The van der Waals surface area contributed by atoms with Crippen LogP contribution in [-0.2, 0) is 6.54 Å². The van der Waals surface area contributed by atoms with Gasteiger partial charge in [0.05, 0.1) is 12.8 Å². The van der Waals surface area contributed by atoms with Crippen LogP contribution in [0.2, 0.25) is 5.02 Å². The second kappa shape index (κ2) is 6.47. The van der Waals surface area contributed by atoms with Gasteiger partial charge in [0.1, 0.15) is 5.76 Å². The molecule has 0 aliphatic carbocycles. The number of hydrogen-bond acceptors (Lipinski definition) is 3. The Morgan fingerprint density at radius 3 is 2.67 bits per heavy atom. The Balaban J connectivity index is 1.70. The van der Waals surface area contributed by atoms with E-state index in [9.17, 15) is 0 Å². The summed E-state index contributed by atoms with van der Waals surface area (Å²) in [5.41, 5.74) is 1.09. The second-order valence-corrected chi connectivity index (χ2v) is 4.69. The molecule has 2 rings (SSSR count). The van der Waals surface area contributed by atoms with Gasteiger partial charge in [-0.1, -0.05) is 11.6 Å². The predicted octanol–water partition coefficient (Wildman–Crippen LogP) is 3.48. The molecule has 0 saturated carbocycles. The Bertz CT molecular complexity index is 453. The van der Waals surface area contributed by atoms with E-state index in [-0.39, 0.29) is 0 Å². The van der Waals surface area contributed by atoms with Crippen LogP contribution >= 0.6 is 11.6 Å². The lowest BCUT2D eigenvalue weighted by atomic mass is 10.3. The van der Waals surface area contributed by atoms with Crippen LogP contribution in [0.4, 0.5) is 5.69 Å². The first kappa shape index (κ1) is 13.0. The van der Waals surface area contributed by atoms with Crippen LogP contribution in [0.25, 0.3) is 0 Å². The van der Waals surface area contributed by atoms with Gasteiger partial charge in [-0.05, 0) is 43.4 Å². The SMILES string of the molecule is CN(CCNc1ccc(Cl)cc1)Cc1ccco1. The molecular formula is C14H17ClN2O. The molecule has 1 N–H and O–H groups in total. The first-order chi connectivity index (χ1) is 8.74. The molecule has 0 radical (unpaired) electrons. The van der Waals surface area contributed by atoms with Crippen molar-refractivity contribution in [2.45, 2.75) is 6.54 Å². The zero-order valence-corrected chi connectivity index (χ0v) is 11.2. The molecule has 0 fully saturated rings. The number of nitrogens with zero attached hydrogens (tertiary/aromatic N) is 1. The standard InChI is InChI=1S/C14H17ClN2O/c1-17(11-14-3-2-10-18-14)9-8-16-13-6-4-12(15)5-7-13/h2-7,10,16H,8-9,11H2,1H3. The molecule has 1 heterocycles. The van der Waals surface area contributed by atoms with E-state index < -0.39 is 0 Å². The number of furan rings is 1. The number of halogens is 1. The van der Waals surface area contributed by atoms with Crippen molar-refractivity contribution in [1.29, 1.82) is 0 Å². The van der Waals surface area contributed by atoms with Crippen molar-refractivity contribution < 1.29 is 4.42 Å². The van der Waals surface area contributed by atoms with Gasteiger partial charge in [-0.15, -0.1) is 0 Å². The van der Waals surface area contributed by atoms with Gasteiger partial charge in [-0.3, -0.25) is 4.90 Å². The number of rotatable bonds is 6. The van der Waals surface area contributed by atoms with E-state index >= 15 is 0 Å². The van der Waals surface area contributed by atoms with Crippen LogP contribution in [0.15, 0.2) is 47.1 Å². The minimum atomic E-state index is 0.760. The quantitative estimate of drug-likeness (QED) is 0.866. The Kier molecular flexibility index (Phi) is 4.67. The normalized spacial score (nSPS) is 10.8. The van der Waals surface area contributed by atoms with Crippen molar-refractivity contribution >= 4 is 17.3 Å². The van der Waals surface area contributed by atoms with E-state index in [1.165, 1.54) is 0 Å². The van der Waals surface area contributed by atoms with E-state index in [1.807, 2.05) is 36.4 Å². The first-order valence-corrected chi connectivity index (χ1v) is 6.32. The van der Waals surface area contributed by atoms with Crippen molar-refractivity contribution in [3.05, 3.63) is 53.4 Å². The third-order valence-corrected chi connectivity index (χ3v) is 2.92. The van der Waals surface area contributed by atoms with Crippen molar-refractivity contribution in [3.8, 4) is 0 Å². The minimum Gasteiger partial charge on any atom is -0.468 e. The third kappa shape index (κ3) is 4.09. The van der Waals surface area contributed by atoms with E-state index in [1.54, 1.807) is 6.26 Å². The summed E-state index contributed by atoms with van der Waals surface area (Å²) in [4.78, 5) is 2.21. The highest BCUT2D eigenvalue weighted by atomic mass is 35.5. The smallest absolute Gasteiger partial charge is 0.117 e. The molecule has 0 aliphatic rings. The summed E-state index contributed by atoms with van der Waals surface area (Å²) in [6.45, 7) is 2.66. The highest BCUT2D eigenvalue weighted by Crippen LogP contribution is 2.13. The maximum absolute atomic E-state index is 5.83. The number of likely N-dealkylation sites (N-methyl/N-ethyl adjacent to an activating group) is 1. The minimum absolute atomic E-state index is 0.760. The molecule has 2 aromatic rings. The van der Waals surface area contributed by atoms with Gasteiger partial charge < -0.3 is 9.73 Å². The number of benzene rings is 1. The van der Waals surface area contributed by atoms with E-state index in [4.69, 9.17) is 16.0 Å². The fourth-order valence-electron chi connectivity index (χ4n) is 1.71. The van der Waals surface area contributed by atoms with E-state index in [0.717, 1.165) is 36.1 Å². The zero-order valence-electron chi connectivity index (χ0n) is 10.4. The Morgan fingerprint density at radius 1 is 1.22 bits per heavy atom. The fourth-order valence-corrected chi connectivity index (χ4v) is 1.83. The average Bonchev–Trinajstić information content (AvgIpc) is 2.84. The molecule has 96 valence electrons. The summed E-state index contributed by atoms with van der Waals surface area (Å²) < 4.78 is 5.31.